The van der Waals surface area contributed by atoms with Crippen molar-refractivity contribution in [2.75, 3.05) is 16.0 Å². The van der Waals surface area contributed by atoms with Gasteiger partial charge in [0.2, 0.25) is 0 Å². The van der Waals surface area contributed by atoms with E-state index in [0.717, 1.165) is 5.56 Å². The number of benzene rings is 2. The second kappa shape index (κ2) is 9.21. The fourth-order valence-electron chi connectivity index (χ4n) is 3.19. The van der Waals surface area contributed by atoms with Gasteiger partial charge in [-0.3, -0.25) is 15.1 Å². The van der Waals surface area contributed by atoms with E-state index in [1.807, 2.05) is 13.0 Å². The Balaban J connectivity index is 1.65. The Morgan fingerprint density at radius 2 is 1.59 bits per heavy atom. The summed E-state index contributed by atoms with van der Waals surface area (Å²) in [6.07, 6.45) is 3.21. The minimum absolute atomic E-state index is 0.174. The fraction of sp³-hybridized carbons (Fsp3) is 0.0435. The molecule has 0 bridgehead atoms. The van der Waals surface area contributed by atoms with E-state index in [4.69, 9.17) is 23.2 Å². The average molecular weight is 466 g/mol. The van der Waals surface area contributed by atoms with Crippen molar-refractivity contribution in [3.05, 3.63) is 88.2 Å². The van der Waals surface area contributed by atoms with Crippen molar-refractivity contribution in [2.24, 2.45) is 0 Å². The highest BCUT2D eigenvalue weighted by Gasteiger charge is 2.17. The molecular formula is C23H17Cl2N5O2. The average Bonchev–Trinajstić information content (AvgIpc) is 2.76. The van der Waals surface area contributed by atoms with E-state index in [1.54, 1.807) is 60.9 Å². The van der Waals surface area contributed by atoms with E-state index in [-0.39, 0.29) is 15.6 Å². The van der Waals surface area contributed by atoms with Gasteiger partial charge in [0.1, 0.15) is 5.82 Å². The number of carbonyl (C=O) groups is 2. The molecule has 32 heavy (non-hydrogen) atoms. The highest BCUT2D eigenvalue weighted by Crippen LogP contribution is 2.31. The Morgan fingerprint density at radius 1 is 0.844 bits per heavy atom. The molecule has 4 rings (SSSR count). The van der Waals surface area contributed by atoms with Crippen LogP contribution in [0.4, 0.5) is 22.0 Å². The standard InChI is InChI=1S/C23H17Cl2N5O2/c1-13-12-27-21-14(20(13)30-23(32)29-18-10-2-3-11-26-18)6-4-9-17(21)28-22(31)19-15(24)7-5-8-16(19)25/h2-12H,1H3,(H,28,31)(H2,26,27,29,30,32). The number of amides is 3. The third kappa shape index (κ3) is 4.49. The number of anilines is 3. The summed E-state index contributed by atoms with van der Waals surface area (Å²) in [5.74, 6) is -0.0385. The lowest BCUT2D eigenvalue weighted by molar-refractivity contribution is 0.102. The number of para-hydroxylation sites is 1. The Hall–Kier alpha value is -3.68. The minimum atomic E-state index is -0.460. The van der Waals surface area contributed by atoms with Crippen molar-refractivity contribution in [3.63, 3.8) is 0 Å². The monoisotopic (exact) mass is 465 g/mol. The second-order valence-corrected chi connectivity index (χ2v) is 7.68. The summed E-state index contributed by atoms with van der Waals surface area (Å²) >= 11 is 12.3. The first kappa shape index (κ1) is 21.5. The number of urea groups is 1. The van der Waals surface area contributed by atoms with Gasteiger partial charge < -0.3 is 10.6 Å². The number of fused-ring (bicyclic) bond motifs is 1. The molecule has 0 aliphatic rings. The van der Waals surface area contributed by atoms with Crippen LogP contribution >= 0.6 is 23.2 Å². The molecule has 0 aliphatic carbocycles. The van der Waals surface area contributed by atoms with Crippen LogP contribution in [0, 0.1) is 6.92 Å². The van der Waals surface area contributed by atoms with Crippen LogP contribution in [0.25, 0.3) is 10.9 Å². The Labute approximate surface area is 193 Å². The summed E-state index contributed by atoms with van der Waals surface area (Å²) in [5, 5.41) is 9.49. The van der Waals surface area contributed by atoms with Gasteiger partial charge in [-0.1, -0.05) is 47.5 Å². The minimum Gasteiger partial charge on any atom is -0.320 e. The van der Waals surface area contributed by atoms with Gasteiger partial charge in [-0.25, -0.2) is 9.78 Å². The number of hydrogen-bond donors (Lipinski definition) is 3. The van der Waals surface area contributed by atoms with Crippen molar-refractivity contribution in [1.29, 1.82) is 0 Å². The van der Waals surface area contributed by atoms with Crippen LogP contribution in [0.1, 0.15) is 15.9 Å². The third-order valence-corrected chi connectivity index (χ3v) is 5.30. The lowest BCUT2D eigenvalue weighted by atomic mass is 10.1. The van der Waals surface area contributed by atoms with Gasteiger partial charge in [0.05, 0.1) is 32.5 Å². The van der Waals surface area contributed by atoms with E-state index in [9.17, 15) is 9.59 Å². The lowest BCUT2D eigenvalue weighted by Gasteiger charge is -2.15. The number of nitrogens with one attached hydrogen (secondary N) is 3. The lowest BCUT2D eigenvalue weighted by Crippen LogP contribution is -2.21. The maximum absolute atomic E-state index is 12.8. The smallest absolute Gasteiger partial charge is 0.320 e. The molecule has 0 saturated heterocycles. The predicted octanol–water partition coefficient (Wildman–Crippen LogP) is 6.14. The van der Waals surface area contributed by atoms with Crippen molar-refractivity contribution >= 4 is 63.2 Å². The molecule has 0 fully saturated rings. The van der Waals surface area contributed by atoms with Gasteiger partial charge in [-0.2, -0.15) is 0 Å². The number of rotatable bonds is 4. The molecule has 2 aromatic heterocycles. The third-order valence-electron chi connectivity index (χ3n) is 4.67. The number of nitrogens with zero attached hydrogens (tertiary/aromatic N) is 2. The summed E-state index contributed by atoms with van der Waals surface area (Å²) in [7, 11) is 0. The zero-order valence-electron chi connectivity index (χ0n) is 16.8. The van der Waals surface area contributed by atoms with Crippen molar-refractivity contribution in [3.8, 4) is 0 Å². The molecule has 160 valence electrons. The van der Waals surface area contributed by atoms with E-state index in [1.165, 1.54) is 0 Å². The zero-order valence-corrected chi connectivity index (χ0v) is 18.3. The van der Waals surface area contributed by atoms with E-state index >= 15 is 0 Å². The summed E-state index contributed by atoms with van der Waals surface area (Å²) in [6, 6.07) is 14.9. The van der Waals surface area contributed by atoms with Crippen LogP contribution in [0.5, 0.6) is 0 Å². The molecule has 3 amide bonds. The predicted molar refractivity (Wildman–Crippen MR) is 128 cm³/mol. The van der Waals surface area contributed by atoms with Gasteiger partial charge in [-0.15, -0.1) is 0 Å². The highest BCUT2D eigenvalue weighted by molar-refractivity contribution is 6.40. The topological polar surface area (TPSA) is 96.0 Å². The Kier molecular flexibility index (Phi) is 6.20. The molecule has 2 aromatic carbocycles. The van der Waals surface area contributed by atoms with Crippen LogP contribution in [0.2, 0.25) is 10.0 Å². The van der Waals surface area contributed by atoms with Crippen molar-refractivity contribution in [1.82, 2.24) is 9.97 Å². The van der Waals surface area contributed by atoms with Gasteiger partial charge in [0, 0.05) is 17.8 Å². The number of pyridine rings is 2. The molecule has 0 spiro atoms. The molecule has 4 aromatic rings. The van der Waals surface area contributed by atoms with Crippen LogP contribution in [0.15, 0.2) is 67.0 Å². The van der Waals surface area contributed by atoms with Crippen LogP contribution in [-0.4, -0.2) is 21.9 Å². The normalized spacial score (nSPS) is 10.6. The van der Waals surface area contributed by atoms with Crippen LogP contribution in [-0.2, 0) is 0 Å². The summed E-state index contributed by atoms with van der Waals surface area (Å²) in [4.78, 5) is 33.9. The van der Waals surface area contributed by atoms with Crippen molar-refractivity contribution < 1.29 is 9.59 Å². The largest absolute Gasteiger partial charge is 0.324 e. The molecule has 0 unspecified atom stereocenters. The molecule has 0 aliphatic heterocycles. The first-order chi connectivity index (χ1) is 15.4. The Bertz CT molecular complexity index is 1310. The quantitative estimate of drug-likeness (QED) is 0.337. The first-order valence-corrected chi connectivity index (χ1v) is 10.3. The van der Waals surface area contributed by atoms with Crippen molar-refractivity contribution in [2.45, 2.75) is 6.92 Å². The van der Waals surface area contributed by atoms with Gasteiger partial charge in [0.15, 0.2) is 0 Å². The maximum atomic E-state index is 12.8. The maximum Gasteiger partial charge on any atom is 0.324 e. The molecule has 0 saturated carbocycles. The molecule has 2 heterocycles. The van der Waals surface area contributed by atoms with E-state index in [2.05, 4.69) is 25.9 Å². The molecule has 0 radical (unpaired) electrons. The first-order valence-electron chi connectivity index (χ1n) is 9.57. The van der Waals surface area contributed by atoms with Crippen LogP contribution < -0.4 is 16.0 Å². The van der Waals surface area contributed by atoms with Gasteiger partial charge in [0.25, 0.3) is 5.91 Å². The number of aromatic nitrogens is 2. The highest BCUT2D eigenvalue weighted by atomic mass is 35.5. The van der Waals surface area contributed by atoms with Gasteiger partial charge >= 0.3 is 6.03 Å². The number of hydrogen-bond acceptors (Lipinski definition) is 4. The SMILES string of the molecule is Cc1cnc2c(NC(=O)c3c(Cl)cccc3Cl)cccc2c1NC(=O)Nc1ccccn1. The van der Waals surface area contributed by atoms with Gasteiger partial charge in [-0.05, 0) is 42.8 Å². The number of halogens is 2. The Morgan fingerprint density at radius 3 is 2.31 bits per heavy atom. The molecule has 9 heteroatoms. The van der Waals surface area contributed by atoms with Crippen LogP contribution in [0.3, 0.4) is 0 Å². The molecule has 0 atom stereocenters. The molecule has 7 nitrogen and oxygen atoms in total. The zero-order chi connectivity index (χ0) is 22.7. The summed E-state index contributed by atoms with van der Waals surface area (Å²) < 4.78 is 0. The van der Waals surface area contributed by atoms with E-state index in [0.29, 0.717) is 28.1 Å². The fourth-order valence-corrected chi connectivity index (χ4v) is 3.76. The molecule has 3 N–H and O–H groups in total. The second-order valence-electron chi connectivity index (χ2n) is 6.86. The summed E-state index contributed by atoms with van der Waals surface area (Å²) in [6.45, 7) is 1.83. The number of aryl methyl sites for hydroxylation is 1. The summed E-state index contributed by atoms with van der Waals surface area (Å²) in [5.41, 5.74) is 2.45. The van der Waals surface area contributed by atoms with E-state index < -0.39 is 11.9 Å². The number of carbonyl (C=O) groups excluding carboxylic acids is 2. The molecular weight excluding hydrogens is 449 g/mol.